The van der Waals surface area contributed by atoms with Gasteiger partial charge in [0.15, 0.2) is 9.84 Å². The zero-order chi connectivity index (χ0) is 19.4. The van der Waals surface area contributed by atoms with Crippen LogP contribution >= 0.6 is 0 Å². The SMILES string of the molecule is CCCCOc1ccc(S(=O)(=O)C2CN(S(C)(=O)=O)C[C@H]2CCC)cc1. The molecule has 0 radical (unpaired) electrons. The lowest BCUT2D eigenvalue weighted by molar-refractivity contribution is 0.309. The van der Waals surface area contributed by atoms with Gasteiger partial charge in [-0.2, -0.15) is 0 Å². The number of unbranched alkanes of at least 4 members (excludes halogenated alkanes) is 1. The van der Waals surface area contributed by atoms with Crippen LogP contribution in [-0.4, -0.2) is 52.3 Å². The highest BCUT2D eigenvalue weighted by Crippen LogP contribution is 2.33. The van der Waals surface area contributed by atoms with E-state index in [1.54, 1.807) is 24.3 Å². The Kier molecular flexibility index (Phi) is 7.10. The maximum atomic E-state index is 13.1. The first-order valence-corrected chi connectivity index (χ1v) is 12.5. The van der Waals surface area contributed by atoms with Crippen molar-refractivity contribution in [2.24, 2.45) is 5.92 Å². The molecule has 148 valence electrons. The third kappa shape index (κ3) is 4.98. The molecule has 0 aliphatic carbocycles. The van der Waals surface area contributed by atoms with Gasteiger partial charge in [0.25, 0.3) is 0 Å². The second-order valence-electron chi connectivity index (χ2n) is 6.89. The zero-order valence-corrected chi connectivity index (χ0v) is 17.4. The molecule has 1 aliphatic rings. The minimum atomic E-state index is -3.61. The summed E-state index contributed by atoms with van der Waals surface area (Å²) >= 11 is 0. The van der Waals surface area contributed by atoms with Crippen molar-refractivity contribution in [3.63, 3.8) is 0 Å². The van der Waals surface area contributed by atoms with Crippen molar-refractivity contribution in [3.8, 4) is 5.75 Å². The molecule has 1 unspecified atom stereocenters. The first kappa shape index (κ1) is 21.2. The van der Waals surface area contributed by atoms with Crippen LogP contribution in [0.25, 0.3) is 0 Å². The number of benzene rings is 1. The molecule has 0 N–H and O–H groups in total. The fourth-order valence-electron chi connectivity index (χ4n) is 3.31. The summed E-state index contributed by atoms with van der Waals surface area (Å²) in [5, 5.41) is -0.705. The Hall–Kier alpha value is -1.12. The third-order valence-corrected chi connectivity index (χ3v) is 8.29. The summed E-state index contributed by atoms with van der Waals surface area (Å²) in [4.78, 5) is 0.224. The molecule has 0 aromatic heterocycles. The number of rotatable bonds is 9. The van der Waals surface area contributed by atoms with Crippen molar-refractivity contribution >= 4 is 19.9 Å². The molecule has 2 rings (SSSR count). The van der Waals surface area contributed by atoms with Crippen molar-refractivity contribution in [3.05, 3.63) is 24.3 Å². The predicted molar refractivity (Wildman–Crippen MR) is 103 cm³/mol. The summed E-state index contributed by atoms with van der Waals surface area (Å²) in [5.41, 5.74) is 0. The summed E-state index contributed by atoms with van der Waals surface area (Å²) in [6.45, 7) is 4.96. The van der Waals surface area contributed by atoms with E-state index in [1.165, 1.54) is 4.31 Å². The Bertz CT molecular complexity index is 787. The molecule has 6 nitrogen and oxygen atoms in total. The van der Waals surface area contributed by atoms with Crippen molar-refractivity contribution in [1.29, 1.82) is 0 Å². The van der Waals surface area contributed by atoms with E-state index in [9.17, 15) is 16.8 Å². The van der Waals surface area contributed by atoms with Crippen LogP contribution in [0.15, 0.2) is 29.2 Å². The minimum absolute atomic E-state index is 0.0284. The van der Waals surface area contributed by atoms with E-state index < -0.39 is 25.1 Å². The first-order chi connectivity index (χ1) is 12.2. The van der Waals surface area contributed by atoms with Gasteiger partial charge in [-0.25, -0.2) is 21.1 Å². The summed E-state index contributed by atoms with van der Waals surface area (Å²) < 4.78 is 56.8. The smallest absolute Gasteiger partial charge is 0.211 e. The van der Waals surface area contributed by atoms with Gasteiger partial charge in [-0.3, -0.25) is 0 Å². The van der Waals surface area contributed by atoms with Crippen LogP contribution < -0.4 is 4.74 Å². The lowest BCUT2D eigenvalue weighted by atomic mass is 10.0. The fraction of sp³-hybridized carbons (Fsp3) is 0.667. The molecule has 0 saturated carbocycles. The van der Waals surface area contributed by atoms with Gasteiger partial charge in [0, 0.05) is 13.1 Å². The Labute approximate surface area is 157 Å². The summed E-state index contributed by atoms with van der Waals surface area (Å²) in [7, 11) is -7.01. The third-order valence-electron chi connectivity index (χ3n) is 4.79. The van der Waals surface area contributed by atoms with Crippen molar-refractivity contribution < 1.29 is 21.6 Å². The molecule has 1 aromatic carbocycles. The van der Waals surface area contributed by atoms with Crippen molar-refractivity contribution in [2.45, 2.75) is 49.7 Å². The van der Waals surface area contributed by atoms with Crippen LogP contribution in [-0.2, 0) is 19.9 Å². The summed E-state index contributed by atoms with van der Waals surface area (Å²) in [6.07, 6.45) is 4.62. The standard InChI is InChI=1S/C18H29NO5S2/c1-4-6-12-24-16-8-10-17(11-9-16)26(22,23)18-14-19(25(3,20)21)13-15(18)7-5-2/h8-11,15,18H,4-7,12-14H2,1-3H3/t15-,18?/m1/s1. The number of hydrogen-bond acceptors (Lipinski definition) is 5. The monoisotopic (exact) mass is 403 g/mol. The minimum Gasteiger partial charge on any atom is -0.494 e. The maximum absolute atomic E-state index is 13.1. The van der Waals surface area contributed by atoms with Gasteiger partial charge in [0.2, 0.25) is 10.0 Å². The molecule has 1 aromatic rings. The molecule has 1 saturated heterocycles. The normalized spacial score (nSPS) is 21.8. The van der Waals surface area contributed by atoms with Gasteiger partial charge in [-0.1, -0.05) is 26.7 Å². The van der Waals surface area contributed by atoms with Crippen LogP contribution in [0.5, 0.6) is 5.75 Å². The first-order valence-electron chi connectivity index (χ1n) is 9.12. The molecule has 0 spiro atoms. The Balaban J connectivity index is 2.21. The molecule has 26 heavy (non-hydrogen) atoms. The Morgan fingerprint density at radius 2 is 1.69 bits per heavy atom. The van der Waals surface area contributed by atoms with E-state index in [0.717, 1.165) is 25.5 Å². The Morgan fingerprint density at radius 3 is 2.23 bits per heavy atom. The van der Waals surface area contributed by atoms with Crippen LogP contribution in [0.1, 0.15) is 39.5 Å². The molecule has 0 bridgehead atoms. The maximum Gasteiger partial charge on any atom is 0.211 e. The molecule has 8 heteroatoms. The number of nitrogens with zero attached hydrogens (tertiary/aromatic N) is 1. The van der Waals surface area contributed by atoms with E-state index in [2.05, 4.69) is 6.92 Å². The second-order valence-corrected chi connectivity index (χ2v) is 11.0. The average molecular weight is 404 g/mol. The van der Waals surface area contributed by atoms with Gasteiger partial charge < -0.3 is 4.74 Å². The number of sulfone groups is 1. The number of ether oxygens (including phenoxy) is 1. The quantitative estimate of drug-likeness (QED) is 0.592. The van der Waals surface area contributed by atoms with E-state index in [1.807, 2.05) is 6.92 Å². The largest absolute Gasteiger partial charge is 0.494 e. The topological polar surface area (TPSA) is 80.8 Å². The Morgan fingerprint density at radius 1 is 1.04 bits per heavy atom. The molecule has 1 heterocycles. The van der Waals surface area contributed by atoms with Gasteiger partial charge in [-0.15, -0.1) is 0 Å². The van der Waals surface area contributed by atoms with Crippen LogP contribution in [0, 0.1) is 5.92 Å². The highest BCUT2D eigenvalue weighted by Gasteiger charge is 2.44. The second kappa shape index (κ2) is 8.71. The molecule has 1 aliphatic heterocycles. The zero-order valence-electron chi connectivity index (χ0n) is 15.7. The highest BCUT2D eigenvalue weighted by atomic mass is 32.2. The van der Waals surface area contributed by atoms with Gasteiger partial charge in [0.05, 0.1) is 23.0 Å². The molecular formula is C18H29NO5S2. The van der Waals surface area contributed by atoms with Crippen LogP contribution in [0.2, 0.25) is 0 Å². The van der Waals surface area contributed by atoms with Crippen molar-refractivity contribution in [1.82, 2.24) is 4.31 Å². The van der Waals surface area contributed by atoms with Crippen LogP contribution in [0.4, 0.5) is 0 Å². The average Bonchev–Trinajstić information content (AvgIpc) is 3.01. The highest BCUT2D eigenvalue weighted by molar-refractivity contribution is 7.92. The van der Waals surface area contributed by atoms with Crippen molar-refractivity contribution in [2.75, 3.05) is 26.0 Å². The molecule has 1 fully saturated rings. The number of sulfonamides is 1. The number of hydrogen-bond donors (Lipinski definition) is 0. The van der Waals surface area contributed by atoms with Gasteiger partial charge in [0.1, 0.15) is 5.75 Å². The fourth-order valence-corrected chi connectivity index (χ4v) is 6.27. The predicted octanol–water partition coefficient (Wildman–Crippen LogP) is 2.70. The van der Waals surface area contributed by atoms with E-state index in [0.29, 0.717) is 18.8 Å². The lowest BCUT2D eigenvalue weighted by Crippen LogP contribution is -2.31. The molecular weight excluding hydrogens is 374 g/mol. The molecule has 2 atom stereocenters. The summed E-state index contributed by atoms with van der Waals surface area (Å²) in [6, 6.07) is 6.45. The molecule has 0 amide bonds. The van der Waals surface area contributed by atoms with E-state index in [4.69, 9.17) is 4.74 Å². The van der Waals surface area contributed by atoms with Gasteiger partial charge in [-0.05, 0) is 43.0 Å². The van der Waals surface area contributed by atoms with Crippen LogP contribution in [0.3, 0.4) is 0 Å². The lowest BCUT2D eigenvalue weighted by Gasteiger charge is -2.18. The van der Waals surface area contributed by atoms with E-state index >= 15 is 0 Å². The summed E-state index contributed by atoms with van der Waals surface area (Å²) in [5.74, 6) is 0.465. The van der Waals surface area contributed by atoms with E-state index in [-0.39, 0.29) is 23.9 Å². The van der Waals surface area contributed by atoms with Gasteiger partial charge >= 0.3 is 0 Å².